The Labute approximate surface area is 250 Å². The summed E-state index contributed by atoms with van der Waals surface area (Å²) in [5, 5.41) is 0. The van der Waals surface area contributed by atoms with E-state index in [1.807, 2.05) is 24.3 Å². The van der Waals surface area contributed by atoms with Crippen molar-refractivity contribution in [2.75, 3.05) is 20.8 Å². The van der Waals surface area contributed by atoms with Gasteiger partial charge in [0.2, 0.25) is 0 Å². The van der Waals surface area contributed by atoms with Crippen molar-refractivity contribution in [2.24, 2.45) is 5.92 Å². The first-order chi connectivity index (χ1) is 20.0. The van der Waals surface area contributed by atoms with E-state index in [1.165, 1.54) is 0 Å². The zero-order valence-electron chi connectivity index (χ0n) is 26.5. The van der Waals surface area contributed by atoms with Gasteiger partial charge >= 0.3 is 11.9 Å². The summed E-state index contributed by atoms with van der Waals surface area (Å²) >= 11 is 0. The molecule has 0 bridgehead atoms. The lowest BCUT2D eigenvalue weighted by Gasteiger charge is -2.37. The molecule has 0 spiro atoms. The number of carbonyl (C=O) groups is 2. The van der Waals surface area contributed by atoms with Crippen LogP contribution in [0.2, 0.25) is 0 Å². The van der Waals surface area contributed by atoms with Crippen LogP contribution < -0.4 is 14.2 Å². The highest BCUT2D eigenvalue weighted by molar-refractivity contribution is 6.21. The molecule has 0 saturated carbocycles. The van der Waals surface area contributed by atoms with E-state index in [4.69, 9.17) is 23.7 Å². The zero-order chi connectivity index (χ0) is 30.9. The van der Waals surface area contributed by atoms with Gasteiger partial charge in [-0.25, -0.2) is 9.59 Å². The van der Waals surface area contributed by atoms with Crippen molar-refractivity contribution in [1.82, 2.24) is 4.90 Å². The third kappa shape index (κ3) is 8.66. The lowest BCUT2D eigenvalue weighted by molar-refractivity contribution is -0.222. The predicted molar refractivity (Wildman–Crippen MR) is 163 cm³/mol. The number of rotatable bonds is 15. The number of carbonyl (C=O) groups excluding carboxylic acids is 2. The summed E-state index contributed by atoms with van der Waals surface area (Å²) < 4.78 is 28.3. The minimum atomic E-state index is -1.37. The molecular weight excluding hydrogens is 534 g/mol. The van der Waals surface area contributed by atoms with Gasteiger partial charge in [0.1, 0.15) is 17.2 Å². The normalized spacial score (nSPS) is 15.1. The second-order valence-corrected chi connectivity index (χ2v) is 11.6. The maximum atomic E-state index is 13.5. The average Bonchev–Trinajstić information content (AvgIpc) is 2.93. The monoisotopic (exact) mass is 581 g/mol. The van der Waals surface area contributed by atoms with Crippen LogP contribution in [0.5, 0.6) is 17.2 Å². The number of hydrogen-bond donors (Lipinski definition) is 0. The molecule has 2 aromatic carbocycles. The summed E-state index contributed by atoms with van der Waals surface area (Å²) in [6.45, 7) is 12.8. The first-order valence-electron chi connectivity index (χ1n) is 14.9. The third-order valence-corrected chi connectivity index (χ3v) is 7.27. The van der Waals surface area contributed by atoms with E-state index >= 15 is 0 Å². The molecule has 2 aromatic rings. The van der Waals surface area contributed by atoms with Crippen molar-refractivity contribution in [1.29, 1.82) is 0 Å². The fraction of sp³-hybridized carbons (Fsp3) is 0.529. The minimum Gasteiger partial charge on any atom is -0.497 e. The van der Waals surface area contributed by atoms with Crippen molar-refractivity contribution in [3.05, 3.63) is 59.2 Å². The van der Waals surface area contributed by atoms with Crippen LogP contribution in [-0.2, 0) is 25.6 Å². The number of cyclic esters (lactones) is 2. The Kier molecular flexibility index (Phi) is 11.7. The molecule has 8 nitrogen and oxygen atoms in total. The largest absolute Gasteiger partial charge is 0.497 e. The fourth-order valence-electron chi connectivity index (χ4n) is 4.87. The van der Waals surface area contributed by atoms with Gasteiger partial charge in [0.15, 0.2) is 5.57 Å². The molecule has 0 radical (unpaired) electrons. The van der Waals surface area contributed by atoms with E-state index in [2.05, 4.69) is 32.6 Å². The number of nitrogens with zero attached hydrogens (tertiary/aromatic N) is 1. The lowest BCUT2D eigenvalue weighted by Crippen LogP contribution is -2.44. The molecule has 1 saturated heterocycles. The molecule has 1 atom stereocenters. The number of benzene rings is 2. The molecule has 42 heavy (non-hydrogen) atoms. The number of methoxy groups -OCH3 is 2. The summed E-state index contributed by atoms with van der Waals surface area (Å²) in [4.78, 5) is 29.1. The van der Waals surface area contributed by atoms with Crippen LogP contribution in [0.1, 0.15) is 84.8 Å². The Bertz CT molecular complexity index is 1210. The standard InChI is InChI=1S/C34H47NO7/c1-9-10-11-12-24(4)35(22-25-13-15-26(16-14-25)40-20-19-23(2)3)31(28-18-17-27(38-7)21-29(28)39-8)30-32(36)41-34(5,6)42-33(30)37/h13-18,21,23-24H,9-12,19-20,22H2,1-8H3. The molecule has 1 heterocycles. The highest BCUT2D eigenvalue weighted by atomic mass is 16.7. The SMILES string of the molecule is CCCCCC(C)N(Cc1ccc(OCCC(C)C)cc1)C(=C1C(=O)OC(C)(C)OC1=O)c1ccc(OC)cc1OC. The molecule has 0 aromatic heterocycles. The van der Waals surface area contributed by atoms with Crippen molar-refractivity contribution in [2.45, 2.75) is 92.0 Å². The molecule has 3 rings (SSSR count). The summed E-state index contributed by atoms with van der Waals surface area (Å²) in [5.74, 6) is -0.411. The molecule has 1 aliphatic rings. The van der Waals surface area contributed by atoms with E-state index in [-0.39, 0.29) is 11.6 Å². The smallest absolute Gasteiger partial charge is 0.351 e. The summed E-state index contributed by atoms with van der Waals surface area (Å²) in [6, 6.07) is 13.2. The topological polar surface area (TPSA) is 83.5 Å². The maximum absolute atomic E-state index is 13.5. The Morgan fingerprint density at radius 1 is 0.881 bits per heavy atom. The van der Waals surface area contributed by atoms with Crippen LogP contribution in [0.3, 0.4) is 0 Å². The van der Waals surface area contributed by atoms with Crippen LogP contribution >= 0.6 is 0 Å². The van der Waals surface area contributed by atoms with Gasteiger partial charge < -0.3 is 28.6 Å². The highest BCUT2D eigenvalue weighted by Crippen LogP contribution is 2.39. The zero-order valence-corrected chi connectivity index (χ0v) is 26.5. The Hall–Kier alpha value is -3.68. The molecule has 1 unspecified atom stereocenters. The van der Waals surface area contributed by atoms with Crippen molar-refractivity contribution in [3.63, 3.8) is 0 Å². The fourth-order valence-corrected chi connectivity index (χ4v) is 4.87. The number of hydrogen-bond acceptors (Lipinski definition) is 8. The van der Waals surface area contributed by atoms with E-state index < -0.39 is 17.7 Å². The molecule has 1 fully saturated rings. The van der Waals surface area contributed by atoms with Crippen LogP contribution in [0, 0.1) is 5.92 Å². The van der Waals surface area contributed by atoms with Gasteiger partial charge in [0.25, 0.3) is 5.79 Å². The summed E-state index contributed by atoms with van der Waals surface area (Å²) in [7, 11) is 3.12. The van der Waals surface area contributed by atoms with Gasteiger partial charge in [-0.15, -0.1) is 0 Å². The first kappa shape index (κ1) is 32.8. The van der Waals surface area contributed by atoms with Crippen LogP contribution in [0.15, 0.2) is 48.0 Å². The highest BCUT2D eigenvalue weighted by Gasteiger charge is 2.43. The number of unbranched alkanes of at least 4 members (excludes halogenated alkanes) is 2. The van der Waals surface area contributed by atoms with Gasteiger partial charge in [-0.3, -0.25) is 0 Å². The van der Waals surface area contributed by atoms with Crippen LogP contribution in [-0.4, -0.2) is 49.5 Å². The predicted octanol–water partition coefficient (Wildman–Crippen LogP) is 7.15. The number of ether oxygens (including phenoxy) is 5. The summed E-state index contributed by atoms with van der Waals surface area (Å²) in [6.07, 6.45) is 5.00. The van der Waals surface area contributed by atoms with Gasteiger partial charge in [-0.05, 0) is 55.5 Å². The Balaban J connectivity index is 2.14. The van der Waals surface area contributed by atoms with E-state index in [0.29, 0.717) is 41.8 Å². The molecule has 230 valence electrons. The second-order valence-electron chi connectivity index (χ2n) is 11.6. The van der Waals surface area contributed by atoms with Gasteiger partial charge in [0, 0.05) is 38.1 Å². The van der Waals surface area contributed by atoms with Crippen molar-refractivity contribution >= 4 is 17.6 Å². The van der Waals surface area contributed by atoms with Gasteiger partial charge in [0.05, 0.1) is 26.5 Å². The average molecular weight is 582 g/mol. The maximum Gasteiger partial charge on any atom is 0.351 e. The third-order valence-electron chi connectivity index (χ3n) is 7.27. The van der Waals surface area contributed by atoms with E-state index in [9.17, 15) is 9.59 Å². The lowest BCUT2D eigenvalue weighted by atomic mass is 9.98. The van der Waals surface area contributed by atoms with E-state index in [1.54, 1.807) is 46.3 Å². The molecular formula is C34H47NO7. The van der Waals surface area contributed by atoms with E-state index in [0.717, 1.165) is 43.4 Å². The molecule has 1 aliphatic heterocycles. The minimum absolute atomic E-state index is 0.0386. The Morgan fingerprint density at radius 2 is 1.52 bits per heavy atom. The van der Waals surface area contributed by atoms with Gasteiger partial charge in [-0.2, -0.15) is 0 Å². The molecule has 0 N–H and O–H groups in total. The van der Waals surface area contributed by atoms with Crippen molar-refractivity contribution in [3.8, 4) is 17.2 Å². The Morgan fingerprint density at radius 3 is 2.10 bits per heavy atom. The van der Waals surface area contributed by atoms with Crippen molar-refractivity contribution < 1.29 is 33.3 Å². The summed E-state index contributed by atoms with van der Waals surface area (Å²) in [5.41, 5.74) is 1.81. The number of esters is 2. The molecule has 0 aliphatic carbocycles. The molecule has 0 amide bonds. The molecule has 8 heteroatoms. The van der Waals surface area contributed by atoms with Crippen LogP contribution in [0.25, 0.3) is 5.70 Å². The second kappa shape index (κ2) is 15.0. The van der Waals surface area contributed by atoms with Crippen LogP contribution in [0.4, 0.5) is 0 Å². The van der Waals surface area contributed by atoms with Gasteiger partial charge in [-0.1, -0.05) is 52.2 Å². The first-order valence-corrected chi connectivity index (χ1v) is 14.9. The quantitative estimate of drug-likeness (QED) is 0.0949.